The van der Waals surface area contributed by atoms with Crippen LogP contribution in [0.15, 0.2) is 42.6 Å². The molecule has 1 amide bonds. The first-order chi connectivity index (χ1) is 8.69. The van der Waals surface area contributed by atoms with Gasteiger partial charge in [-0.1, -0.05) is 19.1 Å². The third kappa shape index (κ3) is 2.91. The van der Waals surface area contributed by atoms with Crippen molar-refractivity contribution in [2.24, 2.45) is 0 Å². The second-order valence-electron chi connectivity index (χ2n) is 3.88. The lowest BCUT2D eigenvalue weighted by atomic mass is 10.1. The Hall–Kier alpha value is -2.23. The van der Waals surface area contributed by atoms with E-state index in [0.29, 0.717) is 5.69 Å². The molecule has 2 aromatic rings. The van der Waals surface area contributed by atoms with Crippen LogP contribution in [0.5, 0.6) is 0 Å². The van der Waals surface area contributed by atoms with Gasteiger partial charge >= 0.3 is 0 Å². The Labute approximate surface area is 105 Å². The number of aromatic nitrogens is 1. The quantitative estimate of drug-likeness (QED) is 0.843. The Morgan fingerprint density at radius 2 is 2.17 bits per heavy atom. The van der Waals surface area contributed by atoms with Crippen LogP contribution in [0, 0.1) is 5.95 Å². The van der Waals surface area contributed by atoms with Gasteiger partial charge in [0.15, 0.2) is 0 Å². The average molecular weight is 244 g/mol. The molecule has 0 unspecified atom stereocenters. The maximum atomic E-state index is 12.9. The van der Waals surface area contributed by atoms with E-state index in [2.05, 4.69) is 10.3 Å². The molecule has 0 spiro atoms. The number of carbonyl (C=O) groups excluding carboxylic acids is 1. The molecule has 0 aliphatic carbocycles. The molecule has 0 saturated heterocycles. The Morgan fingerprint density at radius 3 is 2.89 bits per heavy atom. The molecule has 18 heavy (non-hydrogen) atoms. The van der Waals surface area contributed by atoms with Gasteiger partial charge in [-0.15, -0.1) is 0 Å². The standard InChI is InChI=1S/C14H13FN2O/c1-2-10-4-3-5-12(8-10)17-14(18)11-6-7-16-13(15)9-11/h3-9H,2H2,1H3,(H,17,18). The van der Waals surface area contributed by atoms with Gasteiger partial charge in [-0.25, -0.2) is 4.98 Å². The van der Waals surface area contributed by atoms with E-state index in [9.17, 15) is 9.18 Å². The zero-order chi connectivity index (χ0) is 13.0. The maximum absolute atomic E-state index is 12.9. The minimum absolute atomic E-state index is 0.254. The SMILES string of the molecule is CCc1cccc(NC(=O)c2ccnc(F)c2)c1. The van der Waals surface area contributed by atoms with Gasteiger partial charge in [-0.05, 0) is 30.2 Å². The number of rotatable bonds is 3. The smallest absolute Gasteiger partial charge is 0.255 e. The van der Waals surface area contributed by atoms with Crippen LogP contribution in [0.2, 0.25) is 0 Å². The van der Waals surface area contributed by atoms with Crippen LogP contribution in [0.4, 0.5) is 10.1 Å². The summed E-state index contributed by atoms with van der Waals surface area (Å²) in [5, 5.41) is 2.73. The summed E-state index contributed by atoms with van der Waals surface area (Å²) in [5.74, 6) is -1.01. The largest absolute Gasteiger partial charge is 0.322 e. The molecule has 0 aliphatic heterocycles. The first kappa shape index (κ1) is 12.2. The molecule has 3 nitrogen and oxygen atoms in total. The number of nitrogens with one attached hydrogen (secondary N) is 1. The van der Waals surface area contributed by atoms with E-state index < -0.39 is 5.95 Å². The summed E-state index contributed by atoms with van der Waals surface area (Å²) >= 11 is 0. The highest BCUT2D eigenvalue weighted by Crippen LogP contribution is 2.12. The van der Waals surface area contributed by atoms with Crippen LogP contribution in [0.3, 0.4) is 0 Å². The third-order valence-corrected chi connectivity index (χ3v) is 2.58. The number of anilines is 1. The summed E-state index contributed by atoms with van der Waals surface area (Å²) < 4.78 is 12.9. The van der Waals surface area contributed by atoms with E-state index in [1.165, 1.54) is 12.3 Å². The molecule has 0 aliphatic rings. The second-order valence-corrected chi connectivity index (χ2v) is 3.88. The highest BCUT2D eigenvalue weighted by Gasteiger charge is 2.07. The van der Waals surface area contributed by atoms with Crippen molar-refractivity contribution < 1.29 is 9.18 Å². The van der Waals surface area contributed by atoms with E-state index >= 15 is 0 Å². The highest BCUT2D eigenvalue weighted by molar-refractivity contribution is 6.04. The number of benzene rings is 1. The molecule has 0 radical (unpaired) electrons. The van der Waals surface area contributed by atoms with Crippen LogP contribution < -0.4 is 5.32 Å². The molecule has 0 atom stereocenters. The Bertz CT molecular complexity index is 569. The Morgan fingerprint density at radius 1 is 1.33 bits per heavy atom. The normalized spacial score (nSPS) is 10.1. The summed E-state index contributed by atoms with van der Waals surface area (Å²) in [5.41, 5.74) is 2.09. The summed E-state index contributed by atoms with van der Waals surface area (Å²) in [6.45, 7) is 2.04. The molecule has 1 N–H and O–H groups in total. The van der Waals surface area contributed by atoms with Gasteiger partial charge in [-0.3, -0.25) is 4.79 Å². The molecule has 4 heteroatoms. The molecule has 1 heterocycles. The number of carbonyl (C=O) groups is 1. The van der Waals surface area contributed by atoms with Crippen molar-refractivity contribution in [2.45, 2.75) is 13.3 Å². The van der Waals surface area contributed by atoms with E-state index in [0.717, 1.165) is 18.1 Å². The number of halogens is 1. The minimum Gasteiger partial charge on any atom is -0.322 e. The highest BCUT2D eigenvalue weighted by atomic mass is 19.1. The van der Waals surface area contributed by atoms with Crippen LogP contribution >= 0.6 is 0 Å². The second kappa shape index (κ2) is 5.40. The molecule has 0 fully saturated rings. The number of amides is 1. The predicted molar refractivity (Wildman–Crippen MR) is 68.0 cm³/mol. The maximum Gasteiger partial charge on any atom is 0.255 e. The molecule has 0 saturated carbocycles. The van der Waals surface area contributed by atoms with E-state index in [1.54, 1.807) is 6.07 Å². The van der Waals surface area contributed by atoms with Crippen LogP contribution in [-0.4, -0.2) is 10.9 Å². The zero-order valence-corrected chi connectivity index (χ0v) is 9.98. The lowest BCUT2D eigenvalue weighted by Gasteiger charge is -2.06. The van der Waals surface area contributed by atoms with Crippen molar-refractivity contribution in [1.82, 2.24) is 4.98 Å². The van der Waals surface area contributed by atoms with Gasteiger partial charge in [0.2, 0.25) is 5.95 Å². The fraction of sp³-hybridized carbons (Fsp3) is 0.143. The predicted octanol–water partition coefficient (Wildman–Crippen LogP) is 3.04. The van der Waals surface area contributed by atoms with Gasteiger partial charge in [0.05, 0.1) is 0 Å². The third-order valence-electron chi connectivity index (χ3n) is 2.58. The Kier molecular flexibility index (Phi) is 3.67. The van der Waals surface area contributed by atoms with Gasteiger partial charge < -0.3 is 5.32 Å². The minimum atomic E-state index is -0.662. The number of hydrogen-bond acceptors (Lipinski definition) is 2. The summed E-state index contributed by atoms with van der Waals surface area (Å²) in [7, 11) is 0. The monoisotopic (exact) mass is 244 g/mol. The average Bonchev–Trinajstić information content (AvgIpc) is 2.39. The van der Waals surface area contributed by atoms with Crippen molar-refractivity contribution in [3.8, 4) is 0 Å². The molecule has 1 aromatic carbocycles. The number of pyridine rings is 1. The lowest BCUT2D eigenvalue weighted by Crippen LogP contribution is -2.12. The van der Waals surface area contributed by atoms with Crippen molar-refractivity contribution in [3.63, 3.8) is 0 Å². The van der Waals surface area contributed by atoms with Crippen LogP contribution in [-0.2, 0) is 6.42 Å². The lowest BCUT2D eigenvalue weighted by molar-refractivity contribution is 0.102. The summed E-state index contributed by atoms with van der Waals surface area (Å²) in [6.07, 6.45) is 2.17. The van der Waals surface area contributed by atoms with Crippen molar-refractivity contribution >= 4 is 11.6 Å². The number of aryl methyl sites for hydroxylation is 1. The van der Waals surface area contributed by atoms with E-state index in [1.807, 2.05) is 25.1 Å². The zero-order valence-electron chi connectivity index (χ0n) is 9.98. The first-order valence-electron chi connectivity index (χ1n) is 5.71. The number of nitrogens with zero attached hydrogens (tertiary/aromatic N) is 1. The van der Waals surface area contributed by atoms with Crippen molar-refractivity contribution in [1.29, 1.82) is 0 Å². The molecule has 1 aromatic heterocycles. The van der Waals surface area contributed by atoms with Crippen LogP contribution in [0.25, 0.3) is 0 Å². The fourth-order valence-corrected chi connectivity index (χ4v) is 1.62. The van der Waals surface area contributed by atoms with E-state index in [-0.39, 0.29) is 11.5 Å². The van der Waals surface area contributed by atoms with Crippen LogP contribution in [0.1, 0.15) is 22.8 Å². The molecule has 92 valence electrons. The van der Waals surface area contributed by atoms with Crippen molar-refractivity contribution in [2.75, 3.05) is 5.32 Å². The van der Waals surface area contributed by atoms with Gasteiger partial charge in [0.1, 0.15) is 0 Å². The van der Waals surface area contributed by atoms with Gasteiger partial charge in [0.25, 0.3) is 5.91 Å². The number of hydrogen-bond donors (Lipinski definition) is 1. The van der Waals surface area contributed by atoms with Crippen molar-refractivity contribution in [3.05, 3.63) is 59.7 Å². The molecule has 2 rings (SSSR count). The molecular weight excluding hydrogens is 231 g/mol. The van der Waals surface area contributed by atoms with E-state index in [4.69, 9.17) is 0 Å². The summed E-state index contributed by atoms with van der Waals surface area (Å²) in [4.78, 5) is 15.3. The topological polar surface area (TPSA) is 42.0 Å². The first-order valence-corrected chi connectivity index (χ1v) is 5.71. The fourth-order valence-electron chi connectivity index (χ4n) is 1.62. The molecular formula is C14H13FN2O. The van der Waals surface area contributed by atoms with Gasteiger partial charge in [0, 0.05) is 23.5 Å². The Balaban J connectivity index is 2.16. The molecule has 0 bridgehead atoms. The van der Waals surface area contributed by atoms with Gasteiger partial charge in [-0.2, -0.15) is 4.39 Å². The summed E-state index contributed by atoms with van der Waals surface area (Å²) in [6, 6.07) is 10.1.